The van der Waals surface area contributed by atoms with Crippen LogP contribution in [0.15, 0.2) is 30.3 Å². The van der Waals surface area contributed by atoms with Gasteiger partial charge < -0.3 is 9.84 Å². The van der Waals surface area contributed by atoms with Gasteiger partial charge in [0.2, 0.25) is 0 Å². The van der Waals surface area contributed by atoms with Crippen LogP contribution in [0.2, 0.25) is 0 Å². The lowest BCUT2D eigenvalue weighted by molar-refractivity contribution is 0.0243. The fraction of sp³-hybridized carbons (Fsp3) is 0.500. The smallest absolute Gasteiger partial charge is 0.0773 e. The highest BCUT2D eigenvalue weighted by Crippen LogP contribution is 2.02. The van der Waals surface area contributed by atoms with E-state index in [1.165, 1.54) is 0 Å². The summed E-state index contributed by atoms with van der Waals surface area (Å²) in [5.74, 6) is 0. The number of benzene rings is 1. The molecule has 0 spiro atoms. The van der Waals surface area contributed by atoms with Crippen LogP contribution in [-0.2, 0) is 11.3 Å². The Morgan fingerprint density at radius 1 is 1.29 bits per heavy atom. The van der Waals surface area contributed by atoms with Gasteiger partial charge in [-0.15, -0.1) is 0 Å². The number of rotatable bonds is 6. The Morgan fingerprint density at radius 2 is 2.00 bits per heavy atom. The first kappa shape index (κ1) is 11.2. The van der Waals surface area contributed by atoms with E-state index in [-0.39, 0.29) is 6.10 Å². The maximum absolute atomic E-state index is 9.40. The van der Waals surface area contributed by atoms with Crippen molar-refractivity contribution >= 4 is 0 Å². The summed E-state index contributed by atoms with van der Waals surface area (Å²) in [7, 11) is 0. The van der Waals surface area contributed by atoms with Gasteiger partial charge in [0.05, 0.1) is 19.3 Å². The maximum Gasteiger partial charge on any atom is 0.0773 e. The molecule has 0 aliphatic carbocycles. The summed E-state index contributed by atoms with van der Waals surface area (Å²) in [5.41, 5.74) is 1.15. The molecular weight excluding hydrogens is 176 g/mol. The molecule has 2 heteroatoms. The van der Waals surface area contributed by atoms with Gasteiger partial charge in [0.25, 0.3) is 0 Å². The van der Waals surface area contributed by atoms with Gasteiger partial charge in [-0.25, -0.2) is 0 Å². The number of aliphatic hydroxyl groups excluding tert-OH is 1. The van der Waals surface area contributed by atoms with Crippen molar-refractivity contribution in [3.63, 3.8) is 0 Å². The van der Waals surface area contributed by atoms with E-state index in [1.807, 2.05) is 30.3 Å². The highest BCUT2D eigenvalue weighted by molar-refractivity contribution is 5.13. The maximum atomic E-state index is 9.40. The fourth-order valence-electron chi connectivity index (χ4n) is 1.30. The fourth-order valence-corrected chi connectivity index (χ4v) is 1.30. The Kier molecular flexibility index (Phi) is 5.27. The molecule has 0 aliphatic rings. The molecule has 0 saturated heterocycles. The number of ether oxygens (including phenoxy) is 1. The Balaban J connectivity index is 2.16. The van der Waals surface area contributed by atoms with Gasteiger partial charge in [0.15, 0.2) is 0 Å². The third-order valence-electron chi connectivity index (χ3n) is 2.04. The zero-order chi connectivity index (χ0) is 10.2. The van der Waals surface area contributed by atoms with Gasteiger partial charge in [-0.1, -0.05) is 43.7 Å². The average Bonchev–Trinajstić information content (AvgIpc) is 2.20. The van der Waals surface area contributed by atoms with E-state index in [1.54, 1.807) is 0 Å². The van der Waals surface area contributed by atoms with Crippen LogP contribution >= 0.6 is 0 Å². The van der Waals surface area contributed by atoms with Crippen LogP contribution in [0.3, 0.4) is 0 Å². The molecule has 0 bridgehead atoms. The molecule has 1 aromatic rings. The lowest BCUT2D eigenvalue weighted by Gasteiger charge is -2.09. The summed E-state index contributed by atoms with van der Waals surface area (Å²) >= 11 is 0. The SMILES string of the molecule is CCC[C@@H](O)COCc1ccccc1. The predicted molar refractivity (Wildman–Crippen MR) is 57.0 cm³/mol. The van der Waals surface area contributed by atoms with Crippen LogP contribution in [0.25, 0.3) is 0 Å². The molecular formula is C12H18O2. The minimum Gasteiger partial charge on any atom is -0.391 e. The van der Waals surface area contributed by atoms with Crippen molar-refractivity contribution in [2.75, 3.05) is 6.61 Å². The van der Waals surface area contributed by atoms with E-state index in [0.717, 1.165) is 18.4 Å². The lowest BCUT2D eigenvalue weighted by Crippen LogP contribution is -2.14. The second kappa shape index (κ2) is 6.57. The number of hydrogen-bond donors (Lipinski definition) is 1. The molecule has 1 rings (SSSR count). The minimum absolute atomic E-state index is 0.316. The van der Waals surface area contributed by atoms with Gasteiger partial charge in [-0.2, -0.15) is 0 Å². The molecule has 0 heterocycles. The first-order chi connectivity index (χ1) is 6.83. The van der Waals surface area contributed by atoms with Crippen LogP contribution < -0.4 is 0 Å². The minimum atomic E-state index is -0.316. The Labute approximate surface area is 85.5 Å². The first-order valence-electron chi connectivity index (χ1n) is 5.12. The summed E-state index contributed by atoms with van der Waals surface area (Å²) in [4.78, 5) is 0. The highest BCUT2D eigenvalue weighted by atomic mass is 16.5. The van der Waals surface area contributed by atoms with E-state index in [0.29, 0.717) is 13.2 Å². The van der Waals surface area contributed by atoms with E-state index in [2.05, 4.69) is 6.92 Å². The number of aliphatic hydroxyl groups is 1. The zero-order valence-corrected chi connectivity index (χ0v) is 8.65. The molecule has 0 unspecified atom stereocenters. The van der Waals surface area contributed by atoms with Crippen LogP contribution in [-0.4, -0.2) is 17.8 Å². The quantitative estimate of drug-likeness (QED) is 0.753. The second-order valence-corrected chi connectivity index (χ2v) is 3.44. The van der Waals surface area contributed by atoms with Gasteiger partial charge in [0.1, 0.15) is 0 Å². The van der Waals surface area contributed by atoms with Crippen molar-refractivity contribution < 1.29 is 9.84 Å². The van der Waals surface area contributed by atoms with Crippen molar-refractivity contribution in [2.45, 2.75) is 32.5 Å². The summed E-state index contributed by atoms with van der Waals surface area (Å²) < 4.78 is 5.38. The average molecular weight is 194 g/mol. The normalized spacial score (nSPS) is 12.7. The van der Waals surface area contributed by atoms with Gasteiger partial charge >= 0.3 is 0 Å². The summed E-state index contributed by atoms with van der Waals surface area (Å²) in [6, 6.07) is 10.00. The van der Waals surface area contributed by atoms with Crippen LogP contribution in [0.4, 0.5) is 0 Å². The van der Waals surface area contributed by atoms with E-state index < -0.39 is 0 Å². The molecule has 1 N–H and O–H groups in total. The lowest BCUT2D eigenvalue weighted by atomic mass is 10.2. The Hall–Kier alpha value is -0.860. The molecule has 78 valence electrons. The molecule has 2 nitrogen and oxygen atoms in total. The molecule has 1 atom stereocenters. The highest BCUT2D eigenvalue weighted by Gasteiger charge is 2.01. The van der Waals surface area contributed by atoms with Gasteiger partial charge in [-0.3, -0.25) is 0 Å². The number of hydrogen-bond acceptors (Lipinski definition) is 2. The first-order valence-corrected chi connectivity index (χ1v) is 5.12. The molecule has 0 radical (unpaired) electrons. The van der Waals surface area contributed by atoms with Crippen molar-refractivity contribution in [1.82, 2.24) is 0 Å². The van der Waals surface area contributed by atoms with Crippen molar-refractivity contribution in [3.05, 3.63) is 35.9 Å². The summed E-state index contributed by atoms with van der Waals surface area (Å²) in [6.45, 7) is 3.07. The van der Waals surface area contributed by atoms with Crippen LogP contribution in [0.1, 0.15) is 25.3 Å². The standard InChI is InChI=1S/C12H18O2/c1-2-6-12(13)10-14-9-11-7-4-3-5-8-11/h3-5,7-8,12-13H,2,6,9-10H2,1H3/t12-/m1/s1. The van der Waals surface area contributed by atoms with Crippen molar-refractivity contribution in [3.8, 4) is 0 Å². The largest absolute Gasteiger partial charge is 0.391 e. The van der Waals surface area contributed by atoms with Crippen molar-refractivity contribution in [2.24, 2.45) is 0 Å². The second-order valence-electron chi connectivity index (χ2n) is 3.44. The molecule has 0 amide bonds. The van der Waals surface area contributed by atoms with E-state index in [4.69, 9.17) is 4.74 Å². The van der Waals surface area contributed by atoms with Gasteiger partial charge in [-0.05, 0) is 12.0 Å². The van der Waals surface area contributed by atoms with E-state index in [9.17, 15) is 5.11 Å². The molecule has 1 aromatic carbocycles. The molecule has 0 saturated carbocycles. The van der Waals surface area contributed by atoms with E-state index >= 15 is 0 Å². The molecule has 0 aromatic heterocycles. The Morgan fingerprint density at radius 3 is 2.64 bits per heavy atom. The zero-order valence-electron chi connectivity index (χ0n) is 8.65. The van der Waals surface area contributed by atoms with Crippen LogP contribution in [0.5, 0.6) is 0 Å². The monoisotopic (exact) mass is 194 g/mol. The topological polar surface area (TPSA) is 29.5 Å². The summed E-state index contributed by atoms with van der Waals surface area (Å²) in [5, 5.41) is 9.40. The van der Waals surface area contributed by atoms with Crippen LogP contribution in [0, 0.1) is 0 Å². The third-order valence-corrected chi connectivity index (χ3v) is 2.04. The third kappa shape index (κ3) is 4.40. The molecule has 0 fully saturated rings. The Bertz CT molecular complexity index is 233. The predicted octanol–water partition coefficient (Wildman–Crippen LogP) is 2.36. The molecule has 14 heavy (non-hydrogen) atoms. The van der Waals surface area contributed by atoms with Crippen molar-refractivity contribution in [1.29, 1.82) is 0 Å². The van der Waals surface area contributed by atoms with Gasteiger partial charge in [0, 0.05) is 0 Å². The summed E-state index contributed by atoms with van der Waals surface area (Å²) in [6.07, 6.45) is 1.49. The molecule has 0 aliphatic heterocycles.